The van der Waals surface area contributed by atoms with Crippen molar-refractivity contribution in [2.45, 2.75) is 51.0 Å². The second kappa shape index (κ2) is 8.77. The molecule has 2 atom stereocenters. The number of nitrogens with one attached hydrogen (secondary N) is 1. The maximum absolute atomic E-state index is 14.7. The fourth-order valence-corrected chi connectivity index (χ4v) is 6.57. The van der Waals surface area contributed by atoms with Crippen LogP contribution < -0.4 is 10.9 Å². The van der Waals surface area contributed by atoms with Crippen LogP contribution in [-0.2, 0) is 20.0 Å². The third-order valence-corrected chi connectivity index (χ3v) is 8.46. The fraction of sp³-hybridized carbons (Fsp3) is 0.346. The molecule has 0 spiro atoms. The van der Waals surface area contributed by atoms with Crippen LogP contribution in [0.5, 0.6) is 0 Å². The molecule has 2 bridgehead atoms. The highest BCUT2D eigenvalue weighted by molar-refractivity contribution is 7.14. The van der Waals surface area contributed by atoms with Gasteiger partial charge in [0.05, 0.1) is 34.6 Å². The van der Waals surface area contributed by atoms with Crippen molar-refractivity contribution in [3.63, 3.8) is 0 Å². The van der Waals surface area contributed by atoms with Gasteiger partial charge in [-0.2, -0.15) is 5.10 Å². The number of halogens is 1. The predicted molar refractivity (Wildman–Crippen MR) is 136 cm³/mol. The second-order valence-electron chi connectivity index (χ2n) is 9.46. The SMILES string of the molecule is CCn1cc(Nc2nc(-c3ccc(F)c(CC(=O)c4cc5c(s4)C4CCC5C4)n3)cn(C)c2=O)cn1. The lowest BCUT2D eigenvalue weighted by Crippen LogP contribution is -2.21. The zero-order valence-electron chi connectivity index (χ0n) is 20.0. The Hall–Kier alpha value is -3.66. The molecular formula is C26H25FN6O2S. The quantitative estimate of drug-likeness (QED) is 0.364. The molecule has 6 rings (SSSR count). The Balaban J connectivity index is 1.27. The molecule has 0 radical (unpaired) electrons. The van der Waals surface area contributed by atoms with E-state index in [0.29, 0.717) is 40.3 Å². The largest absolute Gasteiger partial charge is 0.333 e. The zero-order chi connectivity index (χ0) is 25.0. The Labute approximate surface area is 210 Å². The van der Waals surface area contributed by atoms with E-state index in [0.717, 1.165) is 0 Å². The number of Topliss-reactive ketones (excluding diaryl/α,β-unsaturated/α-hetero) is 1. The van der Waals surface area contributed by atoms with Crippen LogP contribution in [0.2, 0.25) is 0 Å². The fourth-order valence-electron chi connectivity index (χ4n) is 5.24. The summed E-state index contributed by atoms with van der Waals surface area (Å²) in [5.41, 5.74) is 2.48. The van der Waals surface area contributed by atoms with Crippen molar-refractivity contribution in [1.29, 1.82) is 0 Å². The van der Waals surface area contributed by atoms with Crippen LogP contribution in [-0.4, -0.2) is 30.1 Å². The van der Waals surface area contributed by atoms with Crippen LogP contribution in [0.15, 0.2) is 41.6 Å². The standard InChI is InChI=1S/C26H25FN6O2S/c1-3-33-12-16(11-28-33)29-25-26(35)32(2)13-21(31-25)19-7-6-18(27)20(30-19)10-22(34)23-9-17-14-4-5-15(8-14)24(17)36-23/h6-7,9,11-15H,3-5,8,10H2,1-2H3,(H,29,31). The van der Waals surface area contributed by atoms with Crippen LogP contribution in [0, 0.1) is 5.82 Å². The van der Waals surface area contributed by atoms with Crippen LogP contribution in [0.4, 0.5) is 15.9 Å². The number of carbonyl (C=O) groups excluding carboxylic acids is 1. The van der Waals surface area contributed by atoms with Crippen LogP contribution in [0.3, 0.4) is 0 Å². The zero-order valence-corrected chi connectivity index (χ0v) is 20.8. The smallest absolute Gasteiger partial charge is 0.293 e. The first-order valence-corrected chi connectivity index (χ1v) is 12.9. The summed E-state index contributed by atoms with van der Waals surface area (Å²) in [5, 5.41) is 7.20. The highest BCUT2D eigenvalue weighted by Crippen LogP contribution is 2.56. The molecule has 10 heteroatoms. The Bertz CT molecular complexity index is 1530. The van der Waals surface area contributed by atoms with E-state index in [1.54, 1.807) is 41.7 Å². The van der Waals surface area contributed by atoms with Crippen molar-refractivity contribution in [2.75, 3.05) is 5.32 Å². The molecular weight excluding hydrogens is 479 g/mol. The molecule has 2 unspecified atom stereocenters. The molecule has 4 aromatic rings. The minimum absolute atomic E-state index is 0.0726. The van der Waals surface area contributed by atoms with Gasteiger partial charge in [0.15, 0.2) is 11.6 Å². The molecule has 4 heterocycles. The first kappa shape index (κ1) is 22.8. The molecule has 8 nitrogen and oxygen atoms in total. The van der Waals surface area contributed by atoms with Gasteiger partial charge in [-0.25, -0.2) is 14.4 Å². The summed E-state index contributed by atoms with van der Waals surface area (Å²) in [4.78, 5) is 36.6. The molecule has 0 aromatic carbocycles. The Morgan fingerprint density at radius 3 is 2.81 bits per heavy atom. The van der Waals surface area contributed by atoms with E-state index in [2.05, 4.69) is 20.4 Å². The van der Waals surface area contributed by atoms with Gasteiger partial charge in [0, 0.05) is 30.9 Å². The highest BCUT2D eigenvalue weighted by atomic mass is 32.1. The van der Waals surface area contributed by atoms with Gasteiger partial charge < -0.3 is 9.88 Å². The van der Waals surface area contributed by atoms with E-state index in [4.69, 9.17) is 0 Å². The van der Waals surface area contributed by atoms with Gasteiger partial charge in [0.2, 0.25) is 0 Å². The van der Waals surface area contributed by atoms with E-state index in [1.165, 1.54) is 46.4 Å². The van der Waals surface area contributed by atoms with Crippen molar-refractivity contribution in [3.05, 3.63) is 74.0 Å². The number of nitrogens with zero attached hydrogens (tertiary/aromatic N) is 5. The molecule has 0 amide bonds. The van der Waals surface area contributed by atoms with E-state index in [9.17, 15) is 14.0 Å². The minimum atomic E-state index is -0.536. The van der Waals surface area contributed by atoms with E-state index >= 15 is 0 Å². The summed E-state index contributed by atoms with van der Waals surface area (Å²) in [6, 6.07) is 4.82. The number of pyridine rings is 1. The van der Waals surface area contributed by atoms with Crippen molar-refractivity contribution in [3.8, 4) is 11.4 Å². The lowest BCUT2D eigenvalue weighted by molar-refractivity contribution is 0.0994. The number of aryl methyl sites for hydroxylation is 2. The number of aromatic nitrogens is 5. The molecule has 1 fully saturated rings. The average molecular weight is 505 g/mol. The summed E-state index contributed by atoms with van der Waals surface area (Å²) >= 11 is 1.56. The third kappa shape index (κ3) is 3.95. The number of hydrogen-bond acceptors (Lipinski definition) is 7. The Morgan fingerprint density at radius 2 is 2.03 bits per heavy atom. The number of hydrogen-bond donors (Lipinski definition) is 1. The first-order chi connectivity index (χ1) is 17.4. The van der Waals surface area contributed by atoms with Crippen LogP contribution in [0.1, 0.15) is 63.8 Å². The normalized spacial score (nSPS) is 18.0. The van der Waals surface area contributed by atoms with Crippen molar-refractivity contribution < 1.29 is 9.18 Å². The van der Waals surface area contributed by atoms with E-state index < -0.39 is 5.82 Å². The predicted octanol–water partition coefficient (Wildman–Crippen LogP) is 4.79. The molecule has 2 aliphatic carbocycles. The Kier molecular flexibility index (Phi) is 5.55. The van der Waals surface area contributed by atoms with E-state index in [-0.39, 0.29) is 29.3 Å². The summed E-state index contributed by atoms with van der Waals surface area (Å²) in [7, 11) is 1.62. The number of fused-ring (bicyclic) bond motifs is 5. The van der Waals surface area contributed by atoms with Crippen molar-refractivity contribution in [2.24, 2.45) is 7.05 Å². The van der Waals surface area contributed by atoms with Gasteiger partial charge >= 0.3 is 0 Å². The lowest BCUT2D eigenvalue weighted by Gasteiger charge is -2.09. The number of thiophene rings is 1. The van der Waals surface area contributed by atoms with Gasteiger partial charge in [-0.1, -0.05) is 0 Å². The van der Waals surface area contributed by atoms with E-state index in [1.807, 2.05) is 13.0 Å². The topological polar surface area (TPSA) is 94.7 Å². The summed E-state index contributed by atoms with van der Waals surface area (Å²) in [5.74, 6) is 0.616. The number of carbonyl (C=O) groups is 1. The molecule has 36 heavy (non-hydrogen) atoms. The van der Waals surface area contributed by atoms with Gasteiger partial charge in [-0.3, -0.25) is 14.3 Å². The van der Waals surface area contributed by atoms with Gasteiger partial charge in [-0.15, -0.1) is 11.3 Å². The summed E-state index contributed by atoms with van der Waals surface area (Å²) < 4.78 is 17.8. The van der Waals surface area contributed by atoms with Gasteiger partial charge in [0.25, 0.3) is 5.56 Å². The molecule has 0 aliphatic heterocycles. The summed E-state index contributed by atoms with van der Waals surface area (Å²) in [6.07, 6.45) is 8.43. The van der Waals surface area contributed by atoms with Gasteiger partial charge in [-0.05, 0) is 61.8 Å². The molecule has 0 saturated heterocycles. The monoisotopic (exact) mass is 504 g/mol. The molecule has 1 saturated carbocycles. The summed E-state index contributed by atoms with van der Waals surface area (Å²) in [6.45, 7) is 2.66. The lowest BCUT2D eigenvalue weighted by atomic mass is 9.98. The van der Waals surface area contributed by atoms with Crippen LogP contribution >= 0.6 is 11.3 Å². The highest BCUT2D eigenvalue weighted by Gasteiger charge is 2.39. The van der Waals surface area contributed by atoms with Crippen LogP contribution in [0.25, 0.3) is 11.4 Å². The third-order valence-electron chi connectivity index (χ3n) is 7.11. The molecule has 2 aliphatic rings. The first-order valence-electron chi connectivity index (χ1n) is 12.1. The Morgan fingerprint density at radius 1 is 1.19 bits per heavy atom. The maximum Gasteiger partial charge on any atom is 0.293 e. The number of rotatable bonds is 7. The molecule has 1 N–H and O–H groups in total. The second-order valence-corrected chi connectivity index (χ2v) is 10.5. The number of anilines is 2. The average Bonchev–Trinajstić information content (AvgIpc) is 3.65. The minimum Gasteiger partial charge on any atom is -0.333 e. The molecule has 4 aromatic heterocycles. The van der Waals surface area contributed by atoms with Crippen molar-refractivity contribution >= 4 is 28.6 Å². The van der Waals surface area contributed by atoms with Crippen molar-refractivity contribution in [1.82, 2.24) is 24.3 Å². The van der Waals surface area contributed by atoms with Gasteiger partial charge in [0.1, 0.15) is 11.5 Å². The maximum atomic E-state index is 14.7. The number of ketones is 1. The molecule has 184 valence electrons.